The van der Waals surface area contributed by atoms with Crippen molar-refractivity contribution in [3.05, 3.63) is 32.6 Å². The van der Waals surface area contributed by atoms with E-state index in [1.54, 1.807) is 6.92 Å². The molecule has 0 radical (unpaired) electrons. The molecule has 0 unspecified atom stereocenters. The molecule has 0 fully saturated rings. The molecular weight excluding hydrogens is 388 g/mol. The molecule has 1 atom stereocenters. The minimum Gasteiger partial charge on any atom is -0.480 e. The lowest BCUT2D eigenvalue weighted by molar-refractivity contribution is -0.139. The molecule has 13 heteroatoms. The molecule has 1 rings (SSSR count). The zero-order valence-corrected chi connectivity index (χ0v) is 16.1. The molecule has 0 saturated heterocycles. The highest BCUT2D eigenvalue weighted by atomic mass is 16.6. The van der Waals surface area contributed by atoms with Crippen molar-refractivity contribution in [2.24, 2.45) is 16.5 Å². The van der Waals surface area contributed by atoms with Crippen LogP contribution in [0, 0.1) is 6.92 Å². The van der Waals surface area contributed by atoms with Gasteiger partial charge >= 0.3 is 17.8 Å². The van der Waals surface area contributed by atoms with E-state index in [-0.39, 0.29) is 45.3 Å². The van der Waals surface area contributed by atoms with Crippen LogP contribution in [-0.2, 0) is 20.8 Å². The van der Waals surface area contributed by atoms with E-state index < -0.39 is 29.4 Å². The first kappa shape index (κ1) is 23.7. The van der Waals surface area contributed by atoms with Gasteiger partial charge in [0.25, 0.3) is 5.56 Å². The summed E-state index contributed by atoms with van der Waals surface area (Å²) in [7, 11) is 0. The van der Waals surface area contributed by atoms with Crippen LogP contribution >= 0.6 is 0 Å². The lowest BCUT2D eigenvalue weighted by Crippen LogP contribution is -2.41. The SMILES string of the molecule is Cc1cn(CCOCCOC(=O)N[C@H](CCCN=C(N)N)C(=O)O)c(=O)[nH]c1=O. The lowest BCUT2D eigenvalue weighted by Gasteiger charge is -2.14. The first-order valence-corrected chi connectivity index (χ1v) is 8.80. The number of carbonyl (C=O) groups excluding carboxylic acids is 1. The molecule has 0 aliphatic rings. The maximum Gasteiger partial charge on any atom is 0.407 e. The van der Waals surface area contributed by atoms with Gasteiger partial charge in [0.05, 0.1) is 19.8 Å². The molecule has 1 aromatic rings. The summed E-state index contributed by atoms with van der Waals surface area (Å²) in [6.45, 7) is 2.12. The molecule has 7 N–H and O–H groups in total. The molecule has 0 bridgehead atoms. The molecule has 1 heterocycles. The molecule has 162 valence electrons. The fourth-order valence-corrected chi connectivity index (χ4v) is 2.19. The number of carboxylic acid groups (broad SMARTS) is 1. The zero-order valence-electron chi connectivity index (χ0n) is 16.1. The second-order valence-corrected chi connectivity index (χ2v) is 6.00. The second-order valence-electron chi connectivity index (χ2n) is 6.00. The molecule has 0 saturated carbocycles. The molecule has 0 aromatic carbocycles. The van der Waals surface area contributed by atoms with E-state index >= 15 is 0 Å². The third-order valence-corrected chi connectivity index (χ3v) is 3.66. The topological polar surface area (TPSA) is 204 Å². The summed E-state index contributed by atoms with van der Waals surface area (Å²) in [5, 5.41) is 11.3. The maximum atomic E-state index is 11.7. The van der Waals surface area contributed by atoms with Crippen LogP contribution in [0.2, 0.25) is 0 Å². The number of H-pyrrole nitrogens is 1. The van der Waals surface area contributed by atoms with Gasteiger partial charge < -0.3 is 31.4 Å². The van der Waals surface area contributed by atoms with Crippen molar-refractivity contribution >= 4 is 18.0 Å². The Hall–Kier alpha value is -3.35. The smallest absolute Gasteiger partial charge is 0.407 e. The van der Waals surface area contributed by atoms with E-state index in [1.807, 2.05) is 0 Å². The zero-order chi connectivity index (χ0) is 21.8. The second kappa shape index (κ2) is 12.2. The average Bonchev–Trinajstić information content (AvgIpc) is 2.64. The maximum absolute atomic E-state index is 11.7. The van der Waals surface area contributed by atoms with Crippen molar-refractivity contribution in [2.45, 2.75) is 32.4 Å². The largest absolute Gasteiger partial charge is 0.480 e. The molecule has 1 aromatic heterocycles. The molecule has 1 amide bonds. The minimum absolute atomic E-state index is 0.0483. The number of alkyl carbamates (subject to hydrolysis) is 1. The number of aromatic amines is 1. The predicted molar refractivity (Wildman–Crippen MR) is 103 cm³/mol. The van der Waals surface area contributed by atoms with E-state index in [2.05, 4.69) is 15.3 Å². The monoisotopic (exact) mass is 414 g/mol. The predicted octanol–water partition coefficient (Wildman–Crippen LogP) is -1.91. The summed E-state index contributed by atoms with van der Waals surface area (Å²) in [6.07, 6.45) is 1.02. The molecule has 29 heavy (non-hydrogen) atoms. The molecule has 0 aliphatic heterocycles. The number of nitrogens with two attached hydrogens (primary N) is 2. The summed E-state index contributed by atoms with van der Waals surface area (Å²) in [4.78, 5) is 51.6. The Labute approximate surface area is 165 Å². The van der Waals surface area contributed by atoms with Crippen LogP contribution in [-0.4, -0.2) is 65.1 Å². The number of aliphatic carboxylic acids is 1. The van der Waals surface area contributed by atoms with Crippen LogP contribution < -0.4 is 28.0 Å². The third-order valence-electron chi connectivity index (χ3n) is 3.66. The average molecular weight is 414 g/mol. The number of carboxylic acids is 1. The summed E-state index contributed by atoms with van der Waals surface area (Å²) < 4.78 is 11.4. The van der Waals surface area contributed by atoms with Crippen molar-refractivity contribution in [1.29, 1.82) is 0 Å². The highest BCUT2D eigenvalue weighted by Crippen LogP contribution is 1.99. The highest BCUT2D eigenvalue weighted by Gasteiger charge is 2.20. The van der Waals surface area contributed by atoms with Crippen molar-refractivity contribution in [3.63, 3.8) is 0 Å². The minimum atomic E-state index is -1.20. The number of aromatic nitrogens is 2. The number of nitrogens with zero attached hydrogens (tertiary/aromatic N) is 2. The number of aryl methyl sites for hydroxylation is 1. The van der Waals surface area contributed by atoms with Gasteiger partial charge in [0.1, 0.15) is 12.6 Å². The van der Waals surface area contributed by atoms with Crippen LogP contribution in [0.3, 0.4) is 0 Å². The van der Waals surface area contributed by atoms with Crippen molar-refractivity contribution < 1.29 is 24.2 Å². The fraction of sp³-hybridized carbons (Fsp3) is 0.562. The van der Waals surface area contributed by atoms with Gasteiger partial charge in [-0.15, -0.1) is 0 Å². The van der Waals surface area contributed by atoms with Gasteiger partial charge in [-0.1, -0.05) is 0 Å². The van der Waals surface area contributed by atoms with E-state index in [1.165, 1.54) is 10.8 Å². The highest BCUT2D eigenvalue weighted by molar-refractivity contribution is 5.79. The number of carbonyl (C=O) groups is 2. The van der Waals surface area contributed by atoms with Gasteiger partial charge in [-0.2, -0.15) is 0 Å². The van der Waals surface area contributed by atoms with Gasteiger partial charge in [-0.25, -0.2) is 14.4 Å². The Kier molecular flexibility index (Phi) is 9.95. The van der Waals surface area contributed by atoms with Gasteiger partial charge in [-0.3, -0.25) is 19.3 Å². The van der Waals surface area contributed by atoms with Crippen LogP contribution in [0.15, 0.2) is 20.8 Å². The van der Waals surface area contributed by atoms with Crippen LogP contribution in [0.25, 0.3) is 0 Å². The Morgan fingerprint density at radius 1 is 1.31 bits per heavy atom. The standard InChI is InChI=1S/C16H26N6O7/c1-10-9-22(15(26)21-12(10)23)5-6-28-7-8-29-16(27)20-11(13(24)25)3-2-4-19-14(17)18/h9,11H,2-8H2,1H3,(H,20,27)(H,24,25)(H4,17,18,19)(H,21,23,26)/t11-/m1/s1. The summed E-state index contributed by atoms with van der Waals surface area (Å²) >= 11 is 0. The number of ether oxygens (including phenoxy) is 2. The van der Waals surface area contributed by atoms with E-state index in [4.69, 9.17) is 26.0 Å². The first-order chi connectivity index (χ1) is 13.7. The molecule has 0 aliphatic carbocycles. The fourth-order valence-electron chi connectivity index (χ4n) is 2.19. The molecule has 0 spiro atoms. The van der Waals surface area contributed by atoms with E-state index in [0.717, 1.165) is 0 Å². The summed E-state index contributed by atoms with van der Waals surface area (Å²) in [6, 6.07) is -1.13. The lowest BCUT2D eigenvalue weighted by atomic mass is 10.1. The van der Waals surface area contributed by atoms with Crippen molar-refractivity contribution in [2.75, 3.05) is 26.4 Å². The van der Waals surface area contributed by atoms with Gasteiger partial charge in [0.15, 0.2) is 5.96 Å². The number of rotatable bonds is 12. The third kappa shape index (κ3) is 9.41. The summed E-state index contributed by atoms with van der Waals surface area (Å²) in [5.41, 5.74) is 9.76. The van der Waals surface area contributed by atoms with E-state index in [0.29, 0.717) is 12.0 Å². The normalized spacial score (nSPS) is 11.5. The number of aliphatic imine (C=N–C) groups is 1. The molecular formula is C16H26N6O7. The number of guanidine groups is 1. The van der Waals surface area contributed by atoms with Gasteiger partial charge in [0, 0.05) is 18.3 Å². The number of hydrogen-bond acceptors (Lipinski definition) is 7. The Morgan fingerprint density at radius 2 is 2.03 bits per heavy atom. The van der Waals surface area contributed by atoms with Crippen LogP contribution in [0.5, 0.6) is 0 Å². The van der Waals surface area contributed by atoms with E-state index in [9.17, 15) is 19.2 Å². The van der Waals surface area contributed by atoms with Crippen LogP contribution in [0.1, 0.15) is 18.4 Å². The number of amides is 1. The first-order valence-electron chi connectivity index (χ1n) is 8.80. The quantitative estimate of drug-likeness (QED) is 0.147. The van der Waals surface area contributed by atoms with Crippen LogP contribution in [0.4, 0.5) is 4.79 Å². The van der Waals surface area contributed by atoms with Crippen molar-refractivity contribution in [3.8, 4) is 0 Å². The Balaban J connectivity index is 2.26. The van der Waals surface area contributed by atoms with Crippen molar-refractivity contribution in [1.82, 2.24) is 14.9 Å². The number of hydrogen-bond donors (Lipinski definition) is 5. The molecule has 13 nitrogen and oxygen atoms in total. The Bertz CT molecular complexity index is 828. The number of nitrogens with one attached hydrogen (secondary N) is 2. The van der Waals surface area contributed by atoms with Gasteiger partial charge in [-0.05, 0) is 19.8 Å². The Morgan fingerprint density at radius 3 is 2.69 bits per heavy atom. The van der Waals surface area contributed by atoms with Gasteiger partial charge in [0.2, 0.25) is 0 Å². The summed E-state index contributed by atoms with van der Waals surface area (Å²) in [5.74, 6) is -1.30.